The molecule has 0 bridgehead atoms. The second-order valence-electron chi connectivity index (χ2n) is 11.4. The molecule has 0 unspecified atom stereocenters. The molecule has 0 amide bonds. The lowest BCUT2D eigenvalue weighted by atomic mass is 9.78. The first-order valence-corrected chi connectivity index (χ1v) is 15.3. The molecule has 0 atom stereocenters. The summed E-state index contributed by atoms with van der Waals surface area (Å²) in [5.41, 5.74) is 3.04. The molecule has 0 saturated heterocycles. The number of ether oxygens (including phenoxy) is 1. The van der Waals surface area contributed by atoms with Crippen LogP contribution in [0.3, 0.4) is 0 Å². The van der Waals surface area contributed by atoms with Gasteiger partial charge in [0.05, 0.1) is 6.61 Å². The minimum absolute atomic E-state index is 0.727. The van der Waals surface area contributed by atoms with Crippen molar-refractivity contribution in [1.29, 1.82) is 0 Å². The van der Waals surface area contributed by atoms with E-state index >= 15 is 0 Å². The number of hydrogen-bond acceptors (Lipinski definition) is 2. The van der Waals surface area contributed by atoms with Crippen LogP contribution in [0.5, 0.6) is 5.75 Å². The Morgan fingerprint density at radius 3 is 2.17 bits per heavy atom. The molecule has 2 saturated carbocycles. The summed E-state index contributed by atoms with van der Waals surface area (Å²) >= 11 is 2.01. The maximum atomic E-state index is 6.30. The third-order valence-electron chi connectivity index (χ3n) is 8.78. The summed E-state index contributed by atoms with van der Waals surface area (Å²) in [7, 11) is 0. The van der Waals surface area contributed by atoms with E-state index in [0.717, 1.165) is 36.0 Å². The minimum Gasteiger partial charge on any atom is -0.493 e. The van der Waals surface area contributed by atoms with Gasteiger partial charge in [-0.1, -0.05) is 70.2 Å². The first kappa shape index (κ1) is 24.9. The standard InChI is InChI=1S/C33H44OS/c1-3-5-24-7-9-26(10-8-24)23-34-31-20-19-30-21-32(35-33(30)22-31)29-17-15-28(16-18-29)27-13-11-25(6-4-2)12-14-27/h11-14,19-22,24,26,28-29H,3-10,15-18,23H2,1-2H3. The summed E-state index contributed by atoms with van der Waals surface area (Å²) in [6, 6.07) is 18.7. The summed E-state index contributed by atoms with van der Waals surface area (Å²) in [4.78, 5) is 1.59. The van der Waals surface area contributed by atoms with Gasteiger partial charge < -0.3 is 4.74 Å². The van der Waals surface area contributed by atoms with Gasteiger partial charge in [0.2, 0.25) is 0 Å². The summed E-state index contributed by atoms with van der Waals surface area (Å²) < 4.78 is 7.70. The second kappa shape index (κ2) is 12.0. The Hall–Kier alpha value is -1.80. The maximum Gasteiger partial charge on any atom is 0.120 e. The van der Waals surface area contributed by atoms with E-state index in [2.05, 4.69) is 62.4 Å². The zero-order valence-electron chi connectivity index (χ0n) is 21.9. The van der Waals surface area contributed by atoms with E-state index in [9.17, 15) is 0 Å². The smallest absolute Gasteiger partial charge is 0.120 e. The first-order chi connectivity index (χ1) is 17.2. The van der Waals surface area contributed by atoms with Crippen LogP contribution in [0.25, 0.3) is 10.1 Å². The number of fused-ring (bicyclic) bond motifs is 1. The molecule has 1 heterocycles. The zero-order valence-corrected chi connectivity index (χ0v) is 22.8. The number of benzene rings is 2. The number of rotatable bonds is 9. The van der Waals surface area contributed by atoms with Gasteiger partial charge in [-0.05, 0) is 109 Å². The monoisotopic (exact) mass is 488 g/mol. The van der Waals surface area contributed by atoms with Crippen molar-refractivity contribution in [2.24, 2.45) is 11.8 Å². The van der Waals surface area contributed by atoms with Crippen LogP contribution in [0, 0.1) is 11.8 Å². The Bertz CT molecular complexity index is 1050. The quantitative estimate of drug-likeness (QED) is 0.291. The number of aryl methyl sites for hydroxylation is 1. The minimum atomic E-state index is 0.727. The van der Waals surface area contributed by atoms with Gasteiger partial charge >= 0.3 is 0 Å². The molecule has 2 fully saturated rings. The molecule has 2 aliphatic rings. The van der Waals surface area contributed by atoms with Gasteiger partial charge in [-0.15, -0.1) is 11.3 Å². The second-order valence-corrected chi connectivity index (χ2v) is 12.5. The molecular weight excluding hydrogens is 444 g/mol. The Morgan fingerprint density at radius 2 is 1.46 bits per heavy atom. The van der Waals surface area contributed by atoms with E-state index in [1.54, 1.807) is 10.4 Å². The molecule has 0 aliphatic heterocycles. The van der Waals surface area contributed by atoms with Crippen LogP contribution >= 0.6 is 11.3 Å². The van der Waals surface area contributed by atoms with Gasteiger partial charge in [-0.2, -0.15) is 0 Å². The molecule has 2 aromatic carbocycles. The summed E-state index contributed by atoms with van der Waals surface area (Å²) in [5, 5.41) is 1.39. The van der Waals surface area contributed by atoms with E-state index in [-0.39, 0.29) is 0 Å². The van der Waals surface area contributed by atoms with E-state index < -0.39 is 0 Å². The van der Waals surface area contributed by atoms with Gasteiger partial charge in [-0.25, -0.2) is 0 Å². The third kappa shape index (κ3) is 6.31. The predicted octanol–water partition coefficient (Wildman–Crippen LogP) is 10.3. The van der Waals surface area contributed by atoms with Crippen LogP contribution in [0.2, 0.25) is 0 Å². The fourth-order valence-electron chi connectivity index (χ4n) is 6.59. The molecule has 188 valence electrons. The first-order valence-electron chi connectivity index (χ1n) is 14.5. The highest BCUT2D eigenvalue weighted by Gasteiger charge is 2.25. The predicted molar refractivity (Wildman–Crippen MR) is 152 cm³/mol. The van der Waals surface area contributed by atoms with Crippen LogP contribution in [0.1, 0.15) is 112 Å². The van der Waals surface area contributed by atoms with E-state index in [0.29, 0.717) is 0 Å². The van der Waals surface area contributed by atoms with Crippen molar-refractivity contribution in [2.45, 2.75) is 103 Å². The molecule has 0 N–H and O–H groups in total. The molecule has 1 aromatic heterocycles. The van der Waals surface area contributed by atoms with Gasteiger partial charge in [0.15, 0.2) is 0 Å². The SMILES string of the molecule is CCCc1ccc(C2CCC(c3cc4ccc(OCC5CCC(CCC)CC5)cc4s3)CC2)cc1. The summed E-state index contributed by atoms with van der Waals surface area (Å²) in [6.07, 6.45) is 16.0. The summed E-state index contributed by atoms with van der Waals surface area (Å²) in [5.74, 6) is 4.25. The molecular formula is C33H44OS. The highest BCUT2D eigenvalue weighted by Crippen LogP contribution is 2.44. The number of hydrogen-bond donors (Lipinski definition) is 0. The molecule has 35 heavy (non-hydrogen) atoms. The maximum absolute atomic E-state index is 6.30. The lowest BCUT2D eigenvalue weighted by molar-refractivity contribution is 0.179. The van der Waals surface area contributed by atoms with E-state index in [4.69, 9.17) is 4.74 Å². The van der Waals surface area contributed by atoms with Crippen LogP contribution in [0.4, 0.5) is 0 Å². The van der Waals surface area contributed by atoms with E-state index in [1.807, 2.05) is 11.3 Å². The Kier molecular flexibility index (Phi) is 8.50. The lowest BCUT2D eigenvalue weighted by Gasteiger charge is -2.28. The van der Waals surface area contributed by atoms with Crippen molar-refractivity contribution >= 4 is 21.4 Å². The van der Waals surface area contributed by atoms with Gasteiger partial charge in [0, 0.05) is 9.58 Å². The van der Waals surface area contributed by atoms with Crippen molar-refractivity contribution in [3.8, 4) is 5.75 Å². The van der Waals surface area contributed by atoms with Crippen LogP contribution in [0.15, 0.2) is 48.5 Å². The molecule has 2 aliphatic carbocycles. The molecule has 3 aromatic rings. The van der Waals surface area contributed by atoms with Crippen molar-refractivity contribution in [2.75, 3.05) is 6.61 Å². The van der Waals surface area contributed by atoms with Crippen molar-refractivity contribution in [3.05, 3.63) is 64.5 Å². The van der Waals surface area contributed by atoms with Crippen molar-refractivity contribution in [3.63, 3.8) is 0 Å². The number of thiophene rings is 1. The van der Waals surface area contributed by atoms with Crippen LogP contribution < -0.4 is 4.74 Å². The van der Waals surface area contributed by atoms with Gasteiger partial charge in [-0.3, -0.25) is 0 Å². The van der Waals surface area contributed by atoms with Crippen LogP contribution in [-0.4, -0.2) is 6.61 Å². The Balaban J connectivity index is 1.14. The van der Waals surface area contributed by atoms with Gasteiger partial charge in [0.25, 0.3) is 0 Å². The molecule has 0 radical (unpaired) electrons. The zero-order chi connectivity index (χ0) is 24.0. The topological polar surface area (TPSA) is 9.23 Å². The Labute approximate surface area is 217 Å². The van der Waals surface area contributed by atoms with Crippen LogP contribution in [-0.2, 0) is 6.42 Å². The highest BCUT2D eigenvalue weighted by molar-refractivity contribution is 7.19. The highest BCUT2D eigenvalue weighted by atomic mass is 32.1. The molecule has 1 nitrogen and oxygen atoms in total. The largest absolute Gasteiger partial charge is 0.493 e. The van der Waals surface area contributed by atoms with Crippen molar-refractivity contribution in [1.82, 2.24) is 0 Å². The molecule has 0 spiro atoms. The molecule has 5 rings (SSSR count). The normalized spacial score (nSPS) is 25.1. The average molecular weight is 489 g/mol. The Morgan fingerprint density at radius 1 is 0.743 bits per heavy atom. The molecule has 2 heteroatoms. The lowest BCUT2D eigenvalue weighted by Crippen LogP contribution is -2.20. The third-order valence-corrected chi connectivity index (χ3v) is 10.0. The summed E-state index contributed by atoms with van der Waals surface area (Å²) in [6.45, 7) is 5.47. The van der Waals surface area contributed by atoms with E-state index in [1.165, 1.54) is 92.7 Å². The average Bonchev–Trinajstić information content (AvgIpc) is 3.33. The fourth-order valence-corrected chi connectivity index (χ4v) is 7.85. The van der Waals surface area contributed by atoms with Gasteiger partial charge in [0.1, 0.15) is 5.75 Å². The van der Waals surface area contributed by atoms with Crippen molar-refractivity contribution < 1.29 is 4.74 Å². The fraction of sp³-hybridized carbons (Fsp3) is 0.576.